The fraction of sp³-hybridized carbons (Fsp3) is 0.368. The Bertz CT molecular complexity index is 1000. The predicted molar refractivity (Wildman–Crippen MR) is 102 cm³/mol. The van der Waals surface area contributed by atoms with E-state index in [1.54, 1.807) is 18.2 Å². The predicted octanol–water partition coefficient (Wildman–Crippen LogP) is 3.01. The number of fused-ring (bicyclic) bond motifs is 1. The standard InChI is InChI=1S/C19H20ClFN4O3/c1-10-2-14(28-25-10)9-27-18-6-16-11(4-15(18)20)3-13(24-16)8-23-19(26)17-5-12(21)7-22-17/h2-4,6,12,17,22,24H,5,7-9H2,1H3,(H,23,26)/t12-,17+/m1/s1. The molecule has 7 nitrogen and oxygen atoms in total. The minimum Gasteiger partial charge on any atom is -0.484 e. The van der Waals surface area contributed by atoms with Crippen LogP contribution in [0, 0.1) is 6.92 Å². The van der Waals surface area contributed by atoms with Crippen LogP contribution < -0.4 is 15.4 Å². The van der Waals surface area contributed by atoms with E-state index >= 15 is 0 Å². The van der Waals surface area contributed by atoms with Crippen molar-refractivity contribution >= 4 is 28.4 Å². The van der Waals surface area contributed by atoms with Gasteiger partial charge in [0, 0.05) is 41.7 Å². The Morgan fingerprint density at radius 2 is 2.29 bits per heavy atom. The molecule has 1 aliphatic heterocycles. The first-order chi connectivity index (χ1) is 13.5. The molecule has 3 aromatic rings. The quantitative estimate of drug-likeness (QED) is 0.585. The number of rotatable bonds is 6. The van der Waals surface area contributed by atoms with E-state index in [1.165, 1.54) is 0 Å². The highest BCUT2D eigenvalue weighted by molar-refractivity contribution is 6.32. The van der Waals surface area contributed by atoms with Crippen LogP contribution in [-0.4, -0.2) is 34.8 Å². The Labute approximate surface area is 165 Å². The molecule has 3 N–H and O–H groups in total. The van der Waals surface area contributed by atoms with Gasteiger partial charge in [0.05, 0.1) is 23.3 Å². The summed E-state index contributed by atoms with van der Waals surface area (Å²) in [5.74, 6) is 0.924. The minimum absolute atomic E-state index is 0.205. The second-order valence-electron chi connectivity index (χ2n) is 6.90. The van der Waals surface area contributed by atoms with Gasteiger partial charge in [0.1, 0.15) is 18.5 Å². The number of carbonyl (C=O) groups is 1. The molecular weight excluding hydrogens is 387 g/mol. The monoisotopic (exact) mass is 406 g/mol. The number of amides is 1. The van der Waals surface area contributed by atoms with E-state index in [2.05, 4.69) is 20.8 Å². The van der Waals surface area contributed by atoms with Crippen molar-refractivity contribution < 1.29 is 18.4 Å². The van der Waals surface area contributed by atoms with Gasteiger partial charge in [0.2, 0.25) is 5.91 Å². The van der Waals surface area contributed by atoms with Gasteiger partial charge >= 0.3 is 0 Å². The summed E-state index contributed by atoms with van der Waals surface area (Å²) in [6, 6.07) is 6.83. The summed E-state index contributed by atoms with van der Waals surface area (Å²) in [6.07, 6.45) is -0.759. The summed E-state index contributed by atoms with van der Waals surface area (Å²) >= 11 is 6.31. The van der Waals surface area contributed by atoms with Gasteiger partial charge in [-0.3, -0.25) is 4.79 Å². The number of alkyl halides is 1. The maximum absolute atomic E-state index is 13.2. The normalized spacial score (nSPS) is 19.2. The smallest absolute Gasteiger partial charge is 0.237 e. The molecule has 0 bridgehead atoms. The van der Waals surface area contributed by atoms with Crippen molar-refractivity contribution in [2.24, 2.45) is 0 Å². The van der Waals surface area contributed by atoms with Crippen molar-refractivity contribution in [3.63, 3.8) is 0 Å². The van der Waals surface area contributed by atoms with Crippen molar-refractivity contribution in [3.8, 4) is 5.75 Å². The van der Waals surface area contributed by atoms with Crippen molar-refractivity contribution in [3.05, 3.63) is 46.4 Å². The first kappa shape index (κ1) is 18.8. The zero-order valence-electron chi connectivity index (χ0n) is 15.2. The van der Waals surface area contributed by atoms with E-state index in [1.807, 2.05) is 13.0 Å². The topological polar surface area (TPSA) is 92.2 Å². The molecule has 0 unspecified atom stereocenters. The van der Waals surface area contributed by atoms with E-state index in [9.17, 15) is 9.18 Å². The van der Waals surface area contributed by atoms with Crippen LogP contribution in [0.5, 0.6) is 5.75 Å². The zero-order chi connectivity index (χ0) is 19.7. The van der Waals surface area contributed by atoms with E-state index < -0.39 is 12.2 Å². The Balaban J connectivity index is 1.41. The highest BCUT2D eigenvalue weighted by Crippen LogP contribution is 2.31. The number of benzene rings is 1. The number of carbonyl (C=O) groups excluding carboxylic acids is 1. The molecular formula is C19H20ClFN4O3. The Morgan fingerprint density at radius 3 is 3.00 bits per heavy atom. The number of aromatic nitrogens is 2. The summed E-state index contributed by atoms with van der Waals surface area (Å²) < 4.78 is 24.1. The van der Waals surface area contributed by atoms with Crippen LogP contribution in [0.25, 0.3) is 10.9 Å². The Morgan fingerprint density at radius 1 is 1.43 bits per heavy atom. The highest BCUT2D eigenvalue weighted by atomic mass is 35.5. The minimum atomic E-state index is -0.967. The maximum atomic E-state index is 13.2. The van der Waals surface area contributed by atoms with Crippen LogP contribution in [0.1, 0.15) is 23.6 Å². The van der Waals surface area contributed by atoms with Gasteiger partial charge in [-0.2, -0.15) is 0 Å². The van der Waals surface area contributed by atoms with Gasteiger partial charge in [-0.25, -0.2) is 4.39 Å². The molecule has 28 heavy (non-hydrogen) atoms. The molecule has 1 aromatic carbocycles. The summed E-state index contributed by atoms with van der Waals surface area (Å²) in [4.78, 5) is 15.3. The molecule has 0 aliphatic carbocycles. The fourth-order valence-electron chi connectivity index (χ4n) is 3.23. The summed E-state index contributed by atoms with van der Waals surface area (Å²) in [5.41, 5.74) is 2.43. The highest BCUT2D eigenvalue weighted by Gasteiger charge is 2.28. The number of nitrogens with one attached hydrogen (secondary N) is 3. The van der Waals surface area contributed by atoms with E-state index in [0.29, 0.717) is 23.1 Å². The van der Waals surface area contributed by atoms with Crippen molar-refractivity contribution in [2.45, 2.75) is 38.7 Å². The van der Waals surface area contributed by atoms with Gasteiger partial charge in [-0.05, 0) is 19.1 Å². The molecule has 9 heteroatoms. The molecule has 1 saturated heterocycles. The number of ether oxygens (including phenoxy) is 1. The number of nitrogens with zero attached hydrogens (tertiary/aromatic N) is 1. The van der Waals surface area contributed by atoms with Crippen molar-refractivity contribution in [2.75, 3.05) is 6.54 Å². The first-order valence-electron chi connectivity index (χ1n) is 8.99. The number of halogens is 2. The van der Waals surface area contributed by atoms with E-state index in [-0.39, 0.29) is 25.5 Å². The lowest BCUT2D eigenvalue weighted by molar-refractivity contribution is -0.123. The lowest BCUT2D eigenvalue weighted by atomic mass is 10.2. The van der Waals surface area contributed by atoms with Crippen LogP contribution in [0.3, 0.4) is 0 Å². The van der Waals surface area contributed by atoms with Gasteiger partial charge in [-0.15, -0.1) is 0 Å². The first-order valence-corrected chi connectivity index (χ1v) is 9.37. The summed E-state index contributed by atoms with van der Waals surface area (Å²) in [5, 5.41) is 10.9. The van der Waals surface area contributed by atoms with Gasteiger partial charge in [0.15, 0.2) is 5.76 Å². The van der Waals surface area contributed by atoms with Crippen LogP contribution in [0.4, 0.5) is 4.39 Å². The molecule has 0 radical (unpaired) electrons. The molecule has 4 rings (SSSR count). The van der Waals surface area contributed by atoms with E-state index in [0.717, 1.165) is 22.3 Å². The van der Waals surface area contributed by atoms with E-state index in [4.69, 9.17) is 20.9 Å². The number of hydrogen-bond acceptors (Lipinski definition) is 5. The SMILES string of the molecule is Cc1cc(COc2cc3[nH]c(CNC(=O)[C@@H]4C[C@@H](F)CN4)cc3cc2Cl)on1. The van der Waals surface area contributed by atoms with Crippen LogP contribution in [0.15, 0.2) is 28.8 Å². The molecule has 1 aliphatic rings. The number of H-pyrrole nitrogens is 1. The molecule has 2 aromatic heterocycles. The Hall–Kier alpha value is -2.58. The van der Waals surface area contributed by atoms with Crippen LogP contribution in [-0.2, 0) is 17.9 Å². The average Bonchev–Trinajstić information content (AvgIpc) is 3.37. The molecule has 0 spiro atoms. The maximum Gasteiger partial charge on any atom is 0.237 e. The number of aromatic amines is 1. The van der Waals surface area contributed by atoms with Crippen molar-refractivity contribution in [1.82, 2.24) is 20.8 Å². The lowest BCUT2D eigenvalue weighted by Gasteiger charge is -2.09. The summed E-state index contributed by atoms with van der Waals surface area (Å²) in [7, 11) is 0. The third kappa shape index (κ3) is 4.13. The van der Waals surface area contributed by atoms with Crippen molar-refractivity contribution in [1.29, 1.82) is 0 Å². The second-order valence-corrected chi connectivity index (χ2v) is 7.31. The zero-order valence-corrected chi connectivity index (χ0v) is 16.0. The second kappa shape index (κ2) is 7.81. The number of hydrogen-bond donors (Lipinski definition) is 3. The molecule has 1 amide bonds. The fourth-order valence-corrected chi connectivity index (χ4v) is 3.46. The third-order valence-electron chi connectivity index (χ3n) is 4.62. The number of aryl methyl sites for hydroxylation is 1. The van der Waals surface area contributed by atoms with Crippen LogP contribution in [0.2, 0.25) is 5.02 Å². The molecule has 1 fully saturated rings. The third-order valence-corrected chi connectivity index (χ3v) is 4.92. The molecule has 2 atom stereocenters. The molecule has 3 heterocycles. The Kier molecular flexibility index (Phi) is 5.23. The molecule has 0 saturated carbocycles. The average molecular weight is 407 g/mol. The largest absolute Gasteiger partial charge is 0.484 e. The van der Waals surface area contributed by atoms with Crippen LogP contribution >= 0.6 is 11.6 Å². The van der Waals surface area contributed by atoms with Gasteiger partial charge < -0.3 is 24.9 Å². The lowest BCUT2D eigenvalue weighted by Crippen LogP contribution is -2.40. The molecule has 148 valence electrons. The van der Waals surface area contributed by atoms with Gasteiger partial charge in [-0.1, -0.05) is 16.8 Å². The van der Waals surface area contributed by atoms with Gasteiger partial charge in [0.25, 0.3) is 0 Å². The summed E-state index contributed by atoms with van der Waals surface area (Å²) in [6.45, 7) is 2.59.